The number of rotatable bonds is 4. The number of para-hydroxylation sites is 2. The Bertz CT molecular complexity index is 1500. The first-order valence-corrected chi connectivity index (χ1v) is 10.00. The van der Waals surface area contributed by atoms with Crippen LogP contribution in [0.1, 0.15) is 16.7 Å². The van der Waals surface area contributed by atoms with E-state index in [1.165, 1.54) is 23.3 Å². The van der Waals surface area contributed by atoms with Crippen molar-refractivity contribution in [3.05, 3.63) is 100 Å². The molecule has 5 aromatic rings. The Morgan fingerprint density at radius 2 is 1.84 bits per heavy atom. The maximum absolute atomic E-state index is 12.1. The minimum atomic E-state index is -0.576. The predicted octanol–water partition coefficient (Wildman–Crippen LogP) is 3.85. The van der Waals surface area contributed by atoms with Gasteiger partial charge in [0.05, 0.1) is 0 Å². The summed E-state index contributed by atoms with van der Waals surface area (Å²) in [5.41, 5.74) is 4.65. The fourth-order valence-electron chi connectivity index (χ4n) is 4.08. The molecule has 2 aromatic heterocycles. The zero-order chi connectivity index (χ0) is 21.5. The first kappa shape index (κ1) is 18.9. The lowest BCUT2D eigenvalue weighted by molar-refractivity contribution is -0.663. The molecule has 0 saturated carbocycles. The molecule has 0 aliphatic carbocycles. The minimum Gasteiger partial charge on any atom is -0.504 e. The third-order valence-electron chi connectivity index (χ3n) is 5.51. The highest BCUT2D eigenvalue weighted by atomic mass is 16.4. The lowest BCUT2D eigenvalue weighted by Gasteiger charge is -2.06. The van der Waals surface area contributed by atoms with Gasteiger partial charge in [-0.05, 0) is 36.8 Å². The van der Waals surface area contributed by atoms with Gasteiger partial charge >= 0.3 is 5.63 Å². The van der Waals surface area contributed by atoms with Crippen molar-refractivity contribution >= 4 is 22.0 Å². The first-order chi connectivity index (χ1) is 15.0. The molecule has 6 heteroatoms. The van der Waals surface area contributed by atoms with Gasteiger partial charge in [0, 0.05) is 17.0 Å². The van der Waals surface area contributed by atoms with Crippen molar-refractivity contribution in [2.75, 3.05) is 0 Å². The number of nitrogens with zero attached hydrogens (tertiary/aromatic N) is 2. The molecular weight excluding hydrogens is 392 g/mol. The molecule has 3 aromatic carbocycles. The quantitative estimate of drug-likeness (QED) is 0.266. The third-order valence-corrected chi connectivity index (χ3v) is 5.51. The molecule has 6 nitrogen and oxygen atoms in total. The molecule has 0 fully saturated rings. The zero-order valence-corrected chi connectivity index (χ0v) is 16.9. The molecule has 31 heavy (non-hydrogen) atoms. The molecule has 5 rings (SSSR count). The standard InChI is InChI=1S/C25H20N2O4/c1-16-5-4-6-17(11-16)13-26-15-27(21-8-3-2-7-20(21)26)14-18-12-23(29)31-25-19(18)9-10-22(28)24(25)30/h2-12,15H,13-14H2,1H3,(H-,28,29,30)/p+1. The van der Waals surface area contributed by atoms with Crippen LogP contribution < -0.4 is 10.2 Å². The molecule has 0 saturated heterocycles. The van der Waals surface area contributed by atoms with Gasteiger partial charge in [0.25, 0.3) is 0 Å². The summed E-state index contributed by atoms with van der Waals surface area (Å²) in [4.78, 5) is 12.1. The van der Waals surface area contributed by atoms with Gasteiger partial charge in [-0.1, -0.05) is 42.0 Å². The summed E-state index contributed by atoms with van der Waals surface area (Å²) < 4.78 is 9.41. The summed E-state index contributed by atoms with van der Waals surface area (Å²) in [5.74, 6) is -0.751. The number of phenolic OH excluding ortho intramolecular Hbond substituents is 2. The molecular formula is C25H21N2O4+. The summed E-state index contributed by atoms with van der Waals surface area (Å²) in [6, 6.07) is 21.0. The highest BCUT2D eigenvalue weighted by Crippen LogP contribution is 2.34. The van der Waals surface area contributed by atoms with Crippen molar-refractivity contribution in [3.63, 3.8) is 0 Å². The van der Waals surface area contributed by atoms with Gasteiger partial charge in [-0.25, -0.2) is 13.9 Å². The molecule has 0 radical (unpaired) electrons. The van der Waals surface area contributed by atoms with E-state index in [0.29, 0.717) is 17.5 Å². The number of hydrogen-bond donors (Lipinski definition) is 2. The van der Waals surface area contributed by atoms with E-state index in [-0.39, 0.29) is 11.3 Å². The zero-order valence-electron chi connectivity index (χ0n) is 16.9. The topological polar surface area (TPSA) is 79.5 Å². The Labute approximate surface area is 177 Å². The van der Waals surface area contributed by atoms with Crippen LogP contribution in [0.3, 0.4) is 0 Å². The van der Waals surface area contributed by atoms with Crippen LogP contribution in [0.4, 0.5) is 0 Å². The van der Waals surface area contributed by atoms with Crippen molar-refractivity contribution in [1.82, 2.24) is 4.57 Å². The van der Waals surface area contributed by atoms with Gasteiger partial charge in [0.2, 0.25) is 12.1 Å². The fourth-order valence-corrected chi connectivity index (χ4v) is 4.08. The Hall–Kier alpha value is -4.06. The second kappa shape index (κ2) is 7.32. The van der Waals surface area contributed by atoms with E-state index < -0.39 is 11.4 Å². The predicted molar refractivity (Wildman–Crippen MR) is 117 cm³/mol. The van der Waals surface area contributed by atoms with Crippen LogP contribution in [0.5, 0.6) is 11.5 Å². The normalized spacial score (nSPS) is 11.4. The van der Waals surface area contributed by atoms with Crippen molar-refractivity contribution in [3.8, 4) is 11.5 Å². The Balaban J connectivity index is 1.62. The van der Waals surface area contributed by atoms with E-state index in [1.807, 2.05) is 24.5 Å². The van der Waals surface area contributed by atoms with E-state index in [1.54, 1.807) is 6.07 Å². The molecule has 0 unspecified atom stereocenters. The number of phenols is 2. The van der Waals surface area contributed by atoms with Crippen LogP contribution in [0.15, 0.2) is 82.3 Å². The van der Waals surface area contributed by atoms with Crippen molar-refractivity contribution < 1.29 is 19.2 Å². The van der Waals surface area contributed by atoms with Gasteiger partial charge in [-0.2, -0.15) is 0 Å². The number of aromatic nitrogens is 2. The third kappa shape index (κ3) is 3.42. The maximum atomic E-state index is 12.1. The highest BCUT2D eigenvalue weighted by Gasteiger charge is 2.19. The first-order valence-electron chi connectivity index (χ1n) is 10.00. The lowest BCUT2D eigenvalue weighted by atomic mass is 10.1. The van der Waals surface area contributed by atoms with Crippen molar-refractivity contribution in [1.29, 1.82) is 0 Å². The fraction of sp³-hybridized carbons (Fsp3) is 0.120. The van der Waals surface area contributed by atoms with Crippen LogP contribution in [0, 0.1) is 6.92 Å². The second-order valence-electron chi connectivity index (χ2n) is 7.75. The number of benzene rings is 3. The Morgan fingerprint density at radius 1 is 1.00 bits per heavy atom. The van der Waals surface area contributed by atoms with Gasteiger partial charge in [-0.15, -0.1) is 0 Å². The van der Waals surface area contributed by atoms with Gasteiger partial charge in [-0.3, -0.25) is 0 Å². The highest BCUT2D eigenvalue weighted by molar-refractivity contribution is 5.87. The van der Waals surface area contributed by atoms with E-state index in [9.17, 15) is 15.0 Å². The van der Waals surface area contributed by atoms with Crippen LogP contribution in [0.2, 0.25) is 0 Å². The Kier molecular flexibility index (Phi) is 4.47. The monoisotopic (exact) mass is 413 g/mol. The number of aryl methyl sites for hydroxylation is 1. The van der Waals surface area contributed by atoms with Gasteiger partial charge < -0.3 is 14.6 Å². The van der Waals surface area contributed by atoms with E-state index in [0.717, 1.165) is 17.6 Å². The molecule has 0 amide bonds. The van der Waals surface area contributed by atoms with E-state index in [4.69, 9.17) is 4.42 Å². The molecule has 0 spiro atoms. The van der Waals surface area contributed by atoms with Crippen molar-refractivity contribution in [2.45, 2.75) is 20.0 Å². The molecule has 0 bridgehead atoms. The van der Waals surface area contributed by atoms with Gasteiger partial charge in [0.1, 0.15) is 13.1 Å². The van der Waals surface area contributed by atoms with Crippen LogP contribution in [-0.2, 0) is 13.1 Å². The van der Waals surface area contributed by atoms with Crippen LogP contribution in [-0.4, -0.2) is 14.8 Å². The maximum Gasteiger partial charge on any atom is 0.336 e. The van der Waals surface area contributed by atoms with Crippen LogP contribution >= 0.6 is 0 Å². The molecule has 0 aliphatic heterocycles. The minimum absolute atomic E-state index is 0.00778. The largest absolute Gasteiger partial charge is 0.504 e. The number of aromatic hydroxyl groups is 2. The summed E-state index contributed by atoms with van der Waals surface area (Å²) in [7, 11) is 0. The summed E-state index contributed by atoms with van der Waals surface area (Å²) in [6.07, 6.45) is 2.04. The lowest BCUT2D eigenvalue weighted by Crippen LogP contribution is -2.32. The summed E-state index contributed by atoms with van der Waals surface area (Å²) >= 11 is 0. The number of imidazole rings is 1. The molecule has 0 atom stereocenters. The smallest absolute Gasteiger partial charge is 0.336 e. The summed E-state index contributed by atoms with van der Waals surface area (Å²) in [6.45, 7) is 3.21. The molecule has 154 valence electrons. The molecule has 0 aliphatic rings. The second-order valence-corrected chi connectivity index (χ2v) is 7.75. The number of hydrogen-bond acceptors (Lipinski definition) is 4. The van der Waals surface area contributed by atoms with Gasteiger partial charge in [0.15, 0.2) is 22.4 Å². The van der Waals surface area contributed by atoms with Crippen molar-refractivity contribution in [2.24, 2.45) is 0 Å². The number of fused-ring (bicyclic) bond motifs is 2. The average Bonchev–Trinajstić information content (AvgIpc) is 3.08. The van der Waals surface area contributed by atoms with Crippen LogP contribution in [0.25, 0.3) is 22.0 Å². The van der Waals surface area contributed by atoms with E-state index in [2.05, 4.69) is 46.4 Å². The van der Waals surface area contributed by atoms with E-state index >= 15 is 0 Å². The Morgan fingerprint density at radius 3 is 2.68 bits per heavy atom. The molecule has 2 N–H and O–H groups in total. The SMILES string of the molecule is Cc1cccc(C[n+]2cn(Cc3cc(=O)oc4c(O)c(O)ccc34)c3ccccc32)c1. The summed E-state index contributed by atoms with van der Waals surface area (Å²) in [5, 5.41) is 20.5. The average molecular weight is 413 g/mol. The molecule has 2 heterocycles.